The van der Waals surface area contributed by atoms with Crippen molar-refractivity contribution in [2.45, 2.75) is 24.9 Å². The van der Waals surface area contributed by atoms with E-state index in [-0.39, 0.29) is 11.3 Å². The number of ether oxygens (including phenoxy) is 3. The third-order valence-corrected chi connectivity index (χ3v) is 6.08. The van der Waals surface area contributed by atoms with Gasteiger partial charge in [0.15, 0.2) is 11.5 Å². The number of nitrogens with one attached hydrogen (secondary N) is 1. The molecular formula is C23H26N2O4. The Morgan fingerprint density at radius 1 is 1.03 bits per heavy atom. The number of carbonyl (C=O) groups is 1. The van der Waals surface area contributed by atoms with E-state index >= 15 is 0 Å². The molecule has 29 heavy (non-hydrogen) atoms. The number of anilines is 1. The van der Waals surface area contributed by atoms with E-state index in [2.05, 4.69) is 42.3 Å². The van der Waals surface area contributed by atoms with Gasteiger partial charge in [0, 0.05) is 11.1 Å². The van der Waals surface area contributed by atoms with Crippen LogP contribution in [0.3, 0.4) is 0 Å². The fraction of sp³-hybridized carbons (Fsp3) is 0.348. The fourth-order valence-corrected chi connectivity index (χ4v) is 4.55. The van der Waals surface area contributed by atoms with E-state index in [0.717, 1.165) is 11.3 Å². The fourth-order valence-electron chi connectivity index (χ4n) is 4.55. The van der Waals surface area contributed by atoms with Gasteiger partial charge in [-0.3, -0.25) is 4.79 Å². The number of benzene rings is 2. The first-order valence-corrected chi connectivity index (χ1v) is 9.55. The summed E-state index contributed by atoms with van der Waals surface area (Å²) < 4.78 is 16.3. The van der Waals surface area contributed by atoms with Crippen molar-refractivity contribution in [2.24, 2.45) is 0 Å². The van der Waals surface area contributed by atoms with Crippen LogP contribution in [0.5, 0.6) is 17.2 Å². The number of carbonyl (C=O) groups excluding carboxylic acids is 1. The van der Waals surface area contributed by atoms with Crippen molar-refractivity contribution >= 4 is 17.7 Å². The molecule has 0 aliphatic carbocycles. The standard InChI is InChI=1S/C23H26N2O4/c1-22(2)16-8-6-7-9-17(16)25-14-20(26)24-23(22,25)11-10-15-12-18(27-3)21(29-5)19(13-15)28-4/h6-13H,14H2,1-5H3,(H,24,26)/t23-/m0/s1. The quantitative estimate of drug-likeness (QED) is 0.843. The number of rotatable bonds is 5. The summed E-state index contributed by atoms with van der Waals surface area (Å²) in [4.78, 5) is 14.6. The monoisotopic (exact) mass is 394 g/mol. The Balaban J connectivity index is 1.81. The van der Waals surface area contributed by atoms with Crippen LogP contribution in [0.1, 0.15) is 25.0 Å². The van der Waals surface area contributed by atoms with Crippen LogP contribution < -0.4 is 24.4 Å². The highest BCUT2D eigenvalue weighted by Gasteiger charge is 2.59. The average molecular weight is 394 g/mol. The summed E-state index contributed by atoms with van der Waals surface area (Å²) in [7, 11) is 4.78. The lowest BCUT2D eigenvalue weighted by Gasteiger charge is -2.40. The van der Waals surface area contributed by atoms with Gasteiger partial charge >= 0.3 is 0 Å². The van der Waals surface area contributed by atoms with Gasteiger partial charge < -0.3 is 24.4 Å². The highest BCUT2D eigenvalue weighted by atomic mass is 16.5. The van der Waals surface area contributed by atoms with E-state index in [9.17, 15) is 4.79 Å². The highest BCUT2D eigenvalue weighted by Crippen LogP contribution is 2.53. The van der Waals surface area contributed by atoms with Gasteiger partial charge in [0.2, 0.25) is 11.7 Å². The lowest BCUT2D eigenvalue weighted by Crippen LogP contribution is -2.58. The summed E-state index contributed by atoms with van der Waals surface area (Å²) in [5, 5.41) is 3.23. The van der Waals surface area contributed by atoms with Crippen molar-refractivity contribution in [3.8, 4) is 17.2 Å². The number of para-hydroxylation sites is 1. The Morgan fingerprint density at radius 2 is 1.69 bits per heavy atom. The Labute approximate surface area is 171 Å². The van der Waals surface area contributed by atoms with Gasteiger partial charge in [-0.05, 0) is 35.4 Å². The van der Waals surface area contributed by atoms with E-state index in [1.807, 2.05) is 30.3 Å². The minimum absolute atomic E-state index is 0.0159. The Kier molecular flexibility index (Phi) is 4.45. The maximum atomic E-state index is 12.4. The molecule has 0 aromatic heterocycles. The van der Waals surface area contributed by atoms with Crippen molar-refractivity contribution in [1.82, 2.24) is 5.32 Å². The Morgan fingerprint density at radius 3 is 2.31 bits per heavy atom. The predicted molar refractivity (Wildman–Crippen MR) is 113 cm³/mol. The second kappa shape index (κ2) is 6.72. The summed E-state index contributed by atoms with van der Waals surface area (Å²) >= 11 is 0. The van der Waals surface area contributed by atoms with Crippen molar-refractivity contribution in [1.29, 1.82) is 0 Å². The van der Waals surface area contributed by atoms with Gasteiger partial charge in [-0.15, -0.1) is 0 Å². The van der Waals surface area contributed by atoms with Gasteiger partial charge in [0.05, 0.1) is 27.9 Å². The molecule has 1 atom stereocenters. The van der Waals surface area contributed by atoms with Gasteiger partial charge in [0.1, 0.15) is 5.66 Å². The Hall–Kier alpha value is -3.15. The molecule has 1 fully saturated rings. The molecule has 152 valence electrons. The molecule has 2 aliphatic rings. The summed E-state index contributed by atoms with van der Waals surface area (Å²) in [6, 6.07) is 12.1. The lowest BCUT2D eigenvalue weighted by atomic mass is 9.75. The van der Waals surface area contributed by atoms with Crippen LogP contribution in [0, 0.1) is 0 Å². The number of hydrogen-bond acceptors (Lipinski definition) is 5. The molecular weight excluding hydrogens is 368 g/mol. The van der Waals surface area contributed by atoms with Crippen LogP contribution >= 0.6 is 0 Å². The smallest absolute Gasteiger partial charge is 0.241 e. The maximum Gasteiger partial charge on any atom is 0.241 e. The molecule has 6 nitrogen and oxygen atoms in total. The highest BCUT2D eigenvalue weighted by molar-refractivity contribution is 5.91. The van der Waals surface area contributed by atoms with Crippen LogP contribution in [0.25, 0.3) is 6.08 Å². The first kappa shape index (κ1) is 19.2. The summed E-state index contributed by atoms with van der Waals surface area (Å²) in [6.45, 7) is 4.66. The summed E-state index contributed by atoms with van der Waals surface area (Å²) in [5.41, 5.74) is 2.24. The van der Waals surface area contributed by atoms with Gasteiger partial charge in [-0.1, -0.05) is 38.1 Å². The topological polar surface area (TPSA) is 60.0 Å². The SMILES string of the molecule is COc1cc(C=C[C@]23NC(=O)CN2c2ccccc2C3(C)C)cc(OC)c1OC. The van der Waals surface area contributed by atoms with Crippen LogP contribution in [0.2, 0.25) is 0 Å². The molecule has 0 unspecified atom stereocenters. The molecule has 6 heteroatoms. The van der Waals surface area contributed by atoms with E-state index in [0.29, 0.717) is 23.8 Å². The number of fused-ring (bicyclic) bond motifs is 3. The zero-order chi connectivity index (χ0) is 20.8. The van der Waals surface area contributed by atoms with E-state index < -0.39 is 5.66 Å². The summed E-state index contributed by atoms with van der Waals surface area (Å²) in [5.74, 6) is 1.74. The first-order chi connectivity index (χ1) is 13.9. The predicted octanol–water partition coefficient (Wildman–Crippen LogP) is 3.35. The number of nitrogens with zero attached hydrogens (tertiary/aromatic N) is 1. The molecule has 0 spiro atoms. The minimum atomic E-state index is -0.645. The van der Waals surface area contributed by atoms with Gasteiger partial charge in [-0.2, -0.15) is 0 Å². The first-order valence-electron chi connectivity index (χ1n) is 9.55. The molecule has 4 rings (SSSR count). The van der Waals surface area contributed by atoms with Crippen molar-refractivity contribution in [3.63, 3.8) is 0 Å². The van der Waals surface area contributed by atoms with Crippen LogP contribution in [0.4, 0.5) is 5.69 Å². The molecule has 2 aliphatic heterocycles. The average Bonchev–Trinajstić information content (AvgIpc) is 3.16. The number of amides is 1. The maximum absolute atomic E-state index is 12.4. The number of methoxy groups -OCH3 is 3. The third-order valence-electron chi connectivity index (χ3n) is 6.08. The van der Waals surface area contributed by atoms with Crippen molar-refractivity contribution < 1.29 is 19.0 Å². The zero-order valence-electron chi connectivity index (χ0n) is 17.4. The lowest BCUT2D eigenvalue weighted by molar-refractivity contribution is -0.118. The summed E-state index contributed by atoms with van der Waals surface area (Å²) in [6.07, 6.45) is 4.06. The molecule has 2 heterocycles. The normalized spacial score (nSPS) is 21.7. The number of hydrogen-bond donors (Lipinski definition) is 1. The Bertz CT molecular complexity index is 973. The van der Waals surface area contributed by atoms with E-state index in [4.69, 9.17) is 14.2 Å². The second-order valence-corrected chi connectivity index (χ2v) is 7.83. The molecule has 1 amide bonds. The van der Waals surface area contributed by atoms with Crippen LogP contribution in [-0.2, 0) is 10.2 Å². The van der Waals surface area contributed by atoms with Crippen LogP contribution in [-0.4, -0.2) is 39.4 Å². The molecule has 0 saturated carbocycles. The van der Waals surface area contributed by atoms with E-state index in [1.54, 1.807) is 21.3 Å². The van der Waals surface area contributed by atoms with Gasteiger partial charge in [0.25, 0.3) is 0 Å². The van der Waals surface area contributed by atoms with Crippen molar-refractivity contribution in [3.05, 3.63) is 53.6 Å². The third kappa shape index (κ3) is 2.66. The molecule has 2 aromatic rings. The molecule has 0 radical (unpaired) electrons. The van der Waals surface area contributed by atoms with E-state index in [1.165, 1.54) is 5.56 Å². The van der Waals surface area contributed by atoms with Crippen LogP contribution in [0.15, 0.2) is 42.5 Å². The molecule has 2 aromatic carbocycles. The zero-order valence-corrected chi connectivity index (χ0v) is 17.4. The largest absolute Gasteiger partial charge is 0.493 e. The minimum Gasteiger partial charge on any atom is -0.493 e. The molecule has 0 bridgehead atoms. The second-order valence-electron chi connectivity index (χ2n) is 7.83. The van der Waals surface area contributed by atoms with Crippen molar-refractivity contribution in [2.75, 3.05) is 32.8 Å². The molecule has 1 saturated heterocycles. The van der Waals surface area contributed by atoms with Gasteiger partial charge in [-0.25, -0.2) is 0 Å². The molecule has 1 N–H and O–H groups in total.